The molecule has 0 bridgehead atoms. The molecule has 0 heterocycles. The second kappa shape index (κ2) is 7.99. The fraction of sp³-hybridized carbons (Fsp3) is 0.846. The van der Waals surface area contributed by atoms with E-state index >= 15 is 0 Å². The topological polar surface area (TPSA) is 72.9 Å². The number of hydrogen-bond donors (Lipinski definition) is 2. The highest BCUT2D eigenvalue weighted by molar-refractivity contribution is 5.80. The molecule has 1 unspecified atom stereocenters. The fourth-order valence-corrected chi connectivity index (χ4v) is 1.69. The molecule has 19 heavy (non-hydrogen) atoms. The molecule has 0 spiro atoms. The Labute approximate surface area is 115 Å². The Balaban J connectivity index is 4.70. The molecule has 2 N–H and O–H groups in total. The van der Waals surface area contributed by atoms with Crippen molar-refractivity contribution >= 4 is 12.0 Å². The fourth-order valence-electron chi connectivity index (χ4n) is 1.69. The highest BCUT2D eigenvalue weighted by Crippen LogP contribution is 2.06. The first-order chi connectivity index (χ1) is 8.65. The van der Waals surface area contributed by atoms with Crippen LogP contribution in [0.3, 0.4) is 0 Å². The number of rotatable bonds is 7. The van der Waals surface area contributed by atoms with E-state index in [2.05, 4.69) is 5.32 Å². The van der Waals surface area contributed by atoms with Crippen molar-refractivity contribution < 1.29 is 14.7 Å². The predicted octanol–water partition coefficient (Wildman–Crippen LogP) is 1.08. The number of urea groups is 1. The van der Waals surface area contributed by atoms with Crippen LogP contribution in [0.1, 0.15) is 27.7 Å². The second-order valence-electron chi connectivity index (χ2n) is 5.68. The molecule has 0 saturated carbocycles. The molecular weight excluding hydrogens is 246 g/mol. The number of carboxylic acids is 1. The molecule has 2 amide bonds. The Morgan fingerprint density at radius 3 is 2.00 bits per heavy atom. The van der Waals surface area contributed by atoms with Crippen molar-refractivity contribution in [3.05, 3.63) is 0 Å². The molecule has 6 nitrogen and oxygen atoms in total. The molecular formula is C13H27N3O3. The first-order valence-corrected chi connectivity index (χ1v) is 6.58. The summed E-state index contributed by atoms with van der Waals surface area (Å²) in [6.45, 7) is 8.12. The van der Waals surface area contributed by atoms with E-state index < -0.39 is 5.97 Å². The maximum Gasteiger partial charge on any atom is 0.323 e. The van der Waals surface area contributed by atoms with E-state index in [1.54, 1.807) is 13.8 Å². The zero-order valence-corrected chi connectivity index (χ0v) is 12.8. The monoisotopic (exact) mass is 273 g/mol. The number of likely N-dealkylation sites (N-methyl/N-ethyl adjacent to an activating group) is 1. The Kier molecular flexibility index (Phi) is 7.44. The molecule has 0 radical (unpaired) electrons. The van der Waals surface area contributed by atoms with Crippen molar-refractivity contribution in [2.45, 2.75) is 39.8 Å². The molecule has 0 aliphatic heterocycles. The minimum absolute atomic E-state index is 0.00227. The second-order valence-corrected chi connectivity index (χ2v) is 5.68. The molecule has 0 aromatic carbocycles. The number of nitrogens with one attached hydrogen (secondary N) is 1. The van der Waals surface area contributed by atoms with E-state index in [0.717, 1.165) is 6.54 Å². The Hall–Kier alpha value is -1.30. The van der Waals surface area contributed by atoms with Crippen LogP contribution in [0.4, 0.5) is 4.79 Å². The number of hydrogen-bond acceptors (Lipinski definition) is 3. The average molecular weight is 273 g/mol. The molecule has 0 aromatic rings. The first-order valence-electron chi connectivity index (χ1n) is 6.58. The lowest BCUT2D eigenvalue weighted by Gasteiger charge is -2.31. The van der Waals surface area contributed by atoms with Gasteiger partial charge < -0.3 is 20.2 Å². The third-order valence-corrected chi connectivity index (χ3v) is 2.87. The largest absolute Gasteiger partial charge is 0.480 e. The van der Waals surface area contributed by atoms with Crippen LogP contribution in [0, 0.1) is 5.92 Å². The summed E-state index contributed by atoms with van der Waals surface area (Å²) in [7, 11) is 3.89. The zero-order chi connectivity index (χ0) is 15.2. The highest BCUT2D eigenvalue weighted by Gasteiger charge is 2.24. The number of carbonyl (C=O) groups excluding carboxylic acids is 1. The van der Waals surface area contributed by atoms with Gasteiger partial charge >= 0.3 is 12.0 Å². The molecule has 1 atom stereocenters. The van der Waals surface area contributed by atoms with Gasteiger partial charge in [-0.25, -0.2) is 4.79 Å². The molecule has 0 aromatic heterocycles. The maximum atomic E-state index is 12.1. The van der Waals surface area contributed by atoms with Crippen LogP contribution in [-0.4, -0.2) is 66.2 Å². The van der Waals surface area contributed by atoms with Gasteiger partial charge in [0.1, 0.15) is 6.54 Å². The summed E-state index contributed by atoms with van der Waals surface area (Å²) in [6.07, 6.45) is 0. The zero-order valence-electron chi connectivity index (χ0n) is 12.8. The SMILES string of the molecule is CC(C)C(CN(C)C)NC(=O)N(CC(=O)O)C(C)C. The standard InChI is InChI=1S/C13H27N3O3/c1-9(2)11(7-15(5)6)14-13(19)16(10(3)4)8-12(17)18/h9-11H,7-8H2,1-6H3,(H,14,19)(H,17,18). The summed E-state index contributed by atoms with van der Waals surface area (Å²) in [5, 5.41) is 11.8. The predicted molar refractivity (Wildman–Crippen MR) is 75.2 cm³/mol. The molecule has 0 aliphatic carbocycles. The quantitative estimate of drug-likeness (QED) is 0.728. The summed E-state index contributed by atoms with van der Waals surface area (Å²) in [5.41, 5.74) is 0. The molecule has 112 valence electrons. The first kappa shape index (κ1) is 17.7. The van der Waals surface area contributed by atoms with Crippen LogP contribution >= 0.6 is 0 Å². The van der Waals surface area contributed by atoms with E-state index in [1.165, 1.54) is 4.90 Å². The highest BCUT2D eigenvalue weighted by atomic mass is 16.4. The summed E-state index contributed by atoms with van der Waals surface area (Å²) in [5.74, 6) is -0.720. The summed E-state index contributed by atoms with van der Waals surface area (Å²) < 4.78 is 0. The average Bonchev–Trinajstić information content (AvgIpc) is 2.23. The number of nitrogens with zero attached hydrogens (tertiary/aromatic N) is 2. The Morgan fingerprint density at radius 2 is 1.68 bits per heavy atom. The van der Waals surface area contributed by atoms with E-state index in [1.807, 2.05) is 32.8 Å². The Morgan fingerprint density at radius 1 is 1.16 bits per heavy atom. The van der Waals surface area contributed by atoms with E-state index in [-0.39, 0.29) is 30.6 Å². The minimum atomic E-state index is -1.00. The molecule has 6 heteroatoms. The number of amides is 2. The van der Waals surface area contributed by atoms with E-state index in [9.17, 15) is 9.59 Å². The van der Waals surface area contributed by atoms with Crippen LogP contribution in [0.5, 0.6) is 0 Å². The number of aliphatic carboxylic acids is 1. The summed E-state index contributed by atoms with van der Waals surface area (Å²) in [4.78, 5) is 26.3. The van der Waals surface area contributed by atoms with Gasteiger partial charge in [0.25, 0.3) is 0 Å². The number of carboxylic acid groups (broad SMARTS) is 1. The van der Waals surface area contributed by atoms with Crippen molar-refractivity contribution in [3.8, 4) is 0 Å². The summed E-state index contributed by atoms with van der Waals surface area (Å²) >= 11 is 0. The lowest BCUT2D eigenvalue weighted by atomic mass is 10.0. The van der Waals surface area contributed by atoms with Crippen molar-refractivity contribution in [3.63, 3.8) is 0 Å². The van der Waals surface area contributed by atoms with Crippen molar-refractivity contribution in [2.75, 3.05) is 27.2 Å². The summed E-state index contributed by atoms with van der Waals surface area (Å²) in [6, 6.07) is -0.473. The van der Waals surface area contributed by atoms with E-state index in [0.29, 0.717) is 0 Å². The maximum absolute atomic E-state index is 12.1. The molecule has 0 saturated heterocycles. The Bertz CT molecular complexity index is 304. The van der Waals surface area contributed by atoms with Gasteiger partial charge in [0.2, 0.25) is 0 Å². The lowest BCUT2D eigenvalue weighted by Crippen LogP contribution is -2.53. The smallest absolute Gasteiger partial charge is 0.323 e. The van der Waals surface area contributed by atoms with Crippen molar-refractivity contribution in [1.29, 1.82) is 0 Å². The normalized spacial score (nSPS) is 12.9. The van der Waals surface area contributed by atoms with Crippen molar-refractivity contribution in [2.24, 2.45) is 5.92 Å². The lowest BCUT2D eigenvalue weighted by molar-refractivity contribution is -0.138. The molecule has 0 rings (SSSR count). The van der Waals surface area contributed by atoms with Crippen LogP contribution in [0.2, 0.25) is 0 Å². The third-order valence-electron chi connectivity index (χ3n) is 2.87. The van der Waals surface area contributed by atoms with Crippen LogP contribution in [0.15, 0.2) is 0 Å². The molecule has 0 fully saturated rings. The van der Waals surface area contributed by atoms with E-state index in [4.69, 9.17) is 5.11 Å². The van der Waals surface area contributed by atoms with Gasteiger partial charge in [-0.2, -0.15) is 0 Å². The number of carbonyl (C=O) groups is 2. The van der Waals surface area contributed by atoms with Crippen molar-refractivity contribution in [1.82, 2.24) is 15.1 Å². The molecule has 0 aliphatic rings. The van der Waals surface area contributed by atoms with Gasteiger partial charge in [0, 0.05) is 18.6 Å². The van der Waals surface area contributed by atoms with Gasteiger partial charge in [-0.1, -0.05) is 13.8 Å². The van der Waals surface area contributed by atoms with Gasteiger partial charge in [-0.15, -0.1) is 0 Å². The van der Waals surface area contributed by atoms with Gasteiger partial charge in [-0.05, 0) is 33.9 Å². The van der Waals surface area contributed by atoms with Crippen LogP contribution in [0.25, 0.3) is 0 Å². The third kappa shape index (κ3) is 7.00. The van der Waals surface area contributed by atoms with Gasteiger partial charge in [-0.3, -0.25) is 4.79 Å². The van der Waals surface area contributed by atoms with Gasteiger partial charge in [0.05, 0.1) is 0 Å². The van der Waals surface area contributed by atoms with Gasteiger partial charge in [0.15, 0.2) is 0 Å². The van der Waals surface area contributed by atoms with Crippen LogP contribution in [-0.2, 0) is 4.79 Å². The van der Waals surface area contributed by atoms with Crippen LogP contribution < -0.4 is 5.32 Å². The minimum Gasteiger partial charge on any atom is -0.480 e.